The highest BCUT2D eigenvalue weighted by Crippen LogP contribution is 2.33. The predicted octanol–water partition coefficient (Wildman–Crippen LogP) is 3.79. The molecule has 6 nitrogen and oxygen atoms in total. The standard InChI is InChI=1S/C22H19N3O3/c1-15(26)25-20-8-3-2-5-16(20)13-21(25)22(27)24-17-6-4-7-19(14-17)28-18-9-11-23-12-10-18/h2-12,14,21H,13H2,1H3,(H,24,27)/t21-/m0/s1. The van der Waals surface area contributed by atoms with Gasteiger partial charge in [-0.2, -0.15) is 0 Å². The molecular formula is C22H19N3O3. The smallest absolute Gasteiger partial charge is 0.247 e. The van der Waals surface area contributed by atoms with Crippen LogP contribution in [0.15, 0.2) is 73.1 Å². The van der Waals surface area contributed by atoms with Gasteiger partial charge in [0.1, 0.15) is 17.5 Å². The molecule has 0 spiro atoms. The molecule has 2 amide bonds. The van der Waals surface area contributed by atoms with Crippen molar-refractivity contribution >= 4 is 23.2 Å². The monoisotopic (exact) mass is 373 g/mol. The molecule has 1 aliphatic heterocycles. The van der Waals surface area contributed by atoms with Gasteiger partial charge in [0.05, 0.1) is 0 Å². The maximum atomic E-state index is 12.9. The van der Waals surface area contributed by atoms with E-state index in [1.165, 1.54) is 6.92 Å². The highest BCUT2D eigenvalue weighted by molar-refractivity contribution is 6.06. The molecule has 28 heavy (non-hydrogen) atoms. The van der Waals surface area contributed by atoms with E-state index in [2.05, 4.69) is 10.3 Å². The van der Waals surface area contributed by atoms with Gasteiger partial charge in [0.15, 0.2) is 0 Å². The number of ether oxygens (including phenoxy) is 1. The van der Waals surface area contributed by atoms with Crippen molar-refractivity contribution in [1.82, 2.24) is 4.98 Å². The summed E-state index contributed by atoms with van der Waals surface area (Å²) in [5.74, 6) is 0.877. The third-order valence-electron chi connectivity index (χ3n) is 4.61. The Morgan fingerprint density at radius 3 is 2.61 bits per heavy atom. The molecule has 1 atom stereocenters. The van der Waals surface area contributed by atoms with Gasteiger partial charge in [-0.1, -0.05) is 24.3 Å². The number of benzene rings is 2. The largest absolute Gasteiger partial charge is 0.457 e. The summed E-state index contributed by atoms with van der Waals surface area (Å²) in [5.41, 5.74) is 2.40. The van der Waals surface area contributed by atoms with E-state index < -0.39 is 6.04 Å². The van der Waals surface area contributed by atoms with E-state index in [-0.39, 0.29) is 11.8 Å². The Balaban J connectivity index is 1.51. The number of carbonyl (C=O) groups is 2. The predicted molar refractivity (Wildman–Crippen MR) is 106 cm³/mol. The molecular weight excluding hydrogens is 354 g/mol. The first-order valence-corrected chi connectivity index (χ1v) is 8.98. The fourth-order valence-electron chi connectivity index (χ4n) is 3.39. The van der Waals surface area contributed by atoms with Gasteiger partial charge in [0, 0.05) is 43.2 Å². The second-order valence-corrected chi connectivity index (χ2v) is 6.54. The topological polar surface area (TPSA) is 71.5 Å². The average molecular weight is 373 g/mol. The second kappa shape index (κ2) is 7.52. The van der Waals surface area contributed by atoms with Crippen molar-refractivity contribution in [3.63, 3.8) is 0 Å². The molecule has 0 unspecified atom stereocenters. The molecule has 1 N–H and O–H groups in total. The third kappa shape index (κ3) is 3.57. The van der Waals surface area contributed by atoms with Crippen LogP contribution in [0.3, 0.4) is 0 Å². The van der Waals surface area contributed by atoms with Gasteiger partial charge in [-0.05, 0) is 35.9 Å². The van der Waals surface area contributed by atoms with Gasteiger partial charge in [-0.15, -0.1) is 0 Å². The van der Waals surface area contributed by atoms with Crippen molar-refractivity contribution < 1.29 is 14.3 Å². The molecule has 6 heteroatoms. The van der Waals surface area contributed by atoms with Crippen LogP contribution in [0.5, 0.6) is 11.5 Å². The van der Waals surface area contributed by atoms with Gasteiger partial charge >= 0.3 is 0 Å². The summed E-state index contributed by atoms with van der Waals surface area (Å²) >= 11 is 0. The molecule has 0 saturated heterocycles. The van der Waals surface area contributed by atoms with E-state index in [1.807, 2.05) is 30.3 Å². The number of nitrogens with one attached hydrogen (secondary N) is 1. The lowest BCUT2D eigenvalue weighted by atomic mass is 10.1. The van der Waals surface area contributed by atoms with E-state index in [9.17, 15) is 9.59 Å². The number of amides is 2. The van der Waals surface area contributed by atoms with Crippen molar-refractivity contribution in [2.24, 2.45) is 0 Å². The Bertz CT molecular complexity index is 1020. The molecule has 0 fully saturated rings. The fraction of sp³-hybridized carbons (Fsp3) is 0.136. The summed E-state index contributed by atoms with van der Waals surface area (Å²) < 4.78 is 5.78. The number of rotatable bonds is 4. The highest BCUT2D eigenvalue weighted by atomic mass is 16.5. The van der Waals surface area contributed by atoms with Crippen LogP contribution in [-0.4, -0.2) is 22.8 Å². The lowest BCUT2D eigenvalue weighted by Gasteiger charge is -2.23. The summed E-state index contributed by atoms with van der Waals surface area (Å²) in [7, 11) is 0. The van der Waals surface area contributed by atoms with Gasteiger partial charge in [0.2, 0.25) is 11.8 Å². The van der Waals surface area contributed by atoms with E-state index >= 15 is 0 Å². The van der Waals surface area contributed by atoms with Crippen molar-refractivity contribution in [1.29, 1.82) is 0 Å². The third-order valence-corrected chi connectivity index (χ3v) is 4.61. The Hall–Kier alpha value is -3.67. The van der Waals surface area contributed by atoms with Crippen LogP contribution < -0.4 is 15.0 Å². The van der Waals surface area contributed by atoms with E-state index in [1.54, 1.807) is 47.6 Å². The van der Waals surface area contributed by atoms with Crippen molar-refractivity contribution in [3.8, 4) is 11.5 Å². The van der Waals surface area contributed by atoms with Gasteiger partial charge in [-0.25, -0.2) is 0 Å². The number of para-hydroxylation sites is 1. The van der Waals surface area contributed by atoms with Crippen LogP contribution in [0.2, 0.25) is 0 Å². The number of aromatic nitrogens is 1. The minimum atomic E-state index is -0.570. The summed E-state index contributed by atoms with van der Waals surface area (Å²) in [4.78, 5) is 30.6. The summed E-state index contributed by atoms with van der Waals surface area (Å²) in [6, 6.07) is 17.7. The maximum Gasteiger partial charge on any atom is 0.247 e. The molecule has 0 saturated carbocycles. The van der Waals surface area contributed by atoms with Gasteiger partial charge < -0.3 is 10.1 Å². The van der Waals surface area contributed by atoms with Crippen LogP contribution in [0.1, 0.15) is 12.5 Å². The molecule has 140 valence electrons. The maximum absolute atomic E-state index is 12.9. The first kappa shape index (κ1) is 17.7. The number of pyridine rings is 1. The minimum Gasteiger partial charge on any atom is -0.457 e. The van der Waals surface area contributed by atoms with E-state index in [4.69, 9.17) is 4.74 Å². The van der Waals surface area contributed by atoms with Crippen LogP contribution in [0.4, 0.5) is 11.4 Å². The zero-order chi connectivity index (χ0) is 19.5. The highest BCUT2D eigenvalue weighted by Gasteiger charge is 2.36. The zero-order valence-electron chi connectivity index (χ0n) is 15.3. The summed E-state index contributed by atoms with van der Waals surface area (Å²) in [5, 5.41) is 2.90. The number of anilines is 2. The van der Waals surface area contributed by atoms with Crippen LogP contribution in [0.25, 0.3) is 0 Å². The second-order valence-electron chi connectivity index (χ2n) is 6.54. The number of nitrogens with zero attached hydrogens (tertiary/aromatic N) is 2. The van der Waals surface area contributed by atoms with E-state index in [0.717, 1.165) is 11.3 Å². The van der Waals surface area contributed by atoms with Crippen LogP contribution in [-0.2, 0) is 16.0 Å². The average Bonchev–Trinajstić information content (AvgIpc) is 3.09. The molecule has 2 aromatic carbocycles. The first-order valence-electron chi connectivity index (χ1n) is 8.98. The lowest BCUT2D eigenvalue weighted by molar-refractivity contribution is -0.122. The van der Waals surface area contributed by atoms with Gasteiger partial charge in [-0.3, -0.25) is 19.5 Å². The molecule has 2 heterocycles. The van der Waals surface area contributed by atoms with Crippen molar-refractivity contribution in [3.05, 3.63) is 78.6 Å². The summed E-state index contributed by atoms with van der Waals surface area (Å²) in [6.07, 6.45) is 3.79. The molecule has 4 rings (SSSR count). The number of carbonyl (C=O) groups excluding carboxylic acids is 2. The number of hydrogen-bond acceptors (Lipinski definition) is 4. The van der Waals surface area contributed by atoms with Gasteiger partial charge in [0.25, 0.3) is 0 Å². The van der Waals surface area contributed by atoms with E-state index in [0.29, 0.717) is 23.6 Å². The summed E-state index contributed by atoms with van der Waals surface area (Å²) in [6.45, 7) is 1.48. The SMILES string of the molecule is CC(=O)N1c2ccccc2C[C@H]1C(=O)Nc1cccc(Oc2ccncc2)c1. The molecule has 0 aliphatic carbocycles. The Morgan fingerprint density at radius 1 is 1.04 bits per heavy atom. The minimum absolute atomic E-state index is 0.153. The Labute approximate surface area is 162 Å². The molecule has 0 bridgehead atoms. The Morgan fingerprint density at radius 2 is 1.82 bits per heavy atom. The normalized spacial score (nSPS) is 15.0. The first-order chi connectivity index (χ1) is 13.6. The zero-order valence-corrected chi connectivity index (χ0v) is 15.3. The van der Waals surface area contributed by atoms with Crippen LogP contribution in [0, 0.1) is 0 Å². The van der Waals surface area contributed by atoms with Crippen molar-refractivity contribution in [2.75, 3.05) is 10.2 Å². The lowest BCUT2D eigenvalue weighted by Crippen LogP contribution is -2.44. The molecule has 1 aliphatic rings. The molecule has 0 radical (unpaired) electrons. The number of fused-ring (bicyclic) bond motifs is 1. The Kier molecular flexibility index (Phi) is 4.76. The van der Waals surface area contributed by atoms with Crippen LogP contribution >= 0.6 is 0 Å². The number of hydrogen-bond donors (Lipinski definition) is 1. The quantitative estimate of drug-likeness (QED) is 0.755. The fourth-order valence-corrected chi connectivity index (χ4v) is 3.39. The van der Waals surface area contributed by atoms with Crippen molar-refractivity contribution in [2.45, 2.75) is 19.4 Å². The molecule has 3 aromatic rings. The molecule has 1 aromatic heterocycles.